The van der Waals surface area contributed by atoms with Crippen LogP contribution in [0.5, 0.6) is 0 Å². The molecule has 6 heteroatoms. The van der Waals surface area contributed by atoms with E-state index in [9.17, 15) is 14.4 Å². The Morgan fingerprint density at radius 3 is 1.67 bits per heavy atom. The molecule has 0 aliphatic rings. The van der Waals surface area contributed by atoms with Crippen molar-refractivity contribution in [3.05, 3.63) is 105 Å². The highest BCUT2D eigenvalue weighted by molar-refractivity contribution is 5.97. The molecular weight excluding hydrogens is 416 g/mol. The molecule has 6 nitrogen and oxygen atoms in total. The molecule has 0 unspecified atom stereocenters. The summed E-state index contributed by atoms with van der Waals surface area (Å²) < 4.78 is 5.00. The summed E-state index contributed by atoms with van der Waals surface area (Å²) in [4.78, 5) is 42.1. The van der Waals surface area contributed by atoms with E-state index in [4.69, 9.17) is 4.74 Å². The number of fused-ring (bicyclic) bond motifs is 2. The monoisotopic (exact) mass is 436 g/mol. The zero-order valence-electron chi connectivity index (χ0n) is 18.1. The van der Waals surface area contributed by atoms with Crippen LogP contribution in [0.3, 0.4) is 0 Å². The molecule has 2 heterocycles. The number of rotatable bonds is 3. The molecule has 0 spiro atoms. The van der Waals surface area contributed by atoms with E-state index in [-0.39, 0.29) is 11.1 Å². The van der Waals surface area contributed by atoms with E-state index in [1.807, 2.05) is 55.5 Å². The fourth-order valence-corrected chi connectivity index (χ4v) is 4.27. The van der Waals surface area contributed by atoms with Gasteiger partial charge in [-0.05, 0) is 94.0 Å². The van der Waals surface area contributed by atoms with Gasteiger partial charge in [-0.3, -0.25) is 9.59 Å². The van der Waals surface area contributed by atoms with E-state index in [2.05, 4.69) is 9.97 Å². The highest BCUT2D eigenvalue weighted by Gasteiger charge is 2.16. The number of aromatic amines is 2. The number of nitrogens with one attached hydrogen (secondary N) is 2. The van der Waals surface area contributed by atoms with Crippen LogP contribution in [0.4, 0.5) is 0 Å². The Hall–Kier alpha value is -4.45. The number of hydrogen-bond donors (Lipinski definition) is 2. The molecule has 0 amide bonds. The molecule has 3 aromatic carbocycles. The Labute approximate surface area is 188 Å². The predicted molar refractivity (Wildman–Crippen MR) is 130 cm³/mol. The molecule has 5 aromatic rings. The minimum atomic E-state index is -0.438. The first-order chi connectivity index (χ1) is 16.0. The number of esters is 1. The molecule has 0 bridgehead atoms. The smallest absolute Gasteiger partial charge is 0.337 e. The van der Waals surface area contributed by atoms with E-state index in [0.29, 0.717) is 16.3 Å². The van der Waals surface area contributed by atoms with Gasteiger partial charge < -0.3 is 14.7 Å². The third-order valence-corrected chi connectivity index (χ3v) is 6.00. The van der Waals surface area contributed by atoms with Crippen molar-refractivity contribution in [3.8, 4) is 22.3 Å². The number of H-pyrrole nitrogens is 2. The van der Waals surface area contributed by atoms with Crippen molar-refractivity contribution >= 4 is 27.5 Å². The van der Waals surface area contributed by atoms with Gasteiger partial charge in [0.15, 0.2) is 0 Å². The zero-order valence-corrected chi connectivity index (χ0v) is 18.1. The quantitative estimate of drug-likeness (QED) is 0.398. The number of carbonyl (C=O) groups is 1. The lowest BCUT2D eigenvalue weighted by atomic mass is 9.89. The molecule has 33 heavy (non-hydrogen) atoms. The van der Waals surface area contributed by atoms with Gasteiger partial charge >= 0.3 is 5.97 Å². The second-order valence-corrected chi connectivity index (χ2v) is 7.91. The van der Waals surface area contributed by atoms with Crippen molar-refractivity contribution < 1.29 is 9.53 Å². The third kappa shape index (κ3) is 3.51. The van der Waals surface area contributed by atoms with Crippen LogP contribution in [0.2, 0.25) is 0 Å². The van der Waals surface area contributed by atoms with Crippen LogP contribution in [0.1, 0.15) is 15.9 Å². The lowest BCUT2D eigenvalue weighted by Gasteiger charge is -2.15. The van der Waals surface area contributed by atoms with Crippen molar-refractivity contribution in [2.24, 2.45) is 0 Å². The van der Waals surface area contributed by atoms with Crippen molar-refractivity contribution in [2.75, 3.05) is 7.11 Å². The maximum Gasteiger partial charge on any atom is 0.337 e. The van der Waals surface area contributed by atoms with E-state index >= 15 is 0 Å². The van der Waals surface area contributed by atoms with Crippen molar-refractivity contribution in [3.63, 3.8) is 0 Å². The molecule has 0 aliphatic carbocycles. The summed E-state index contributed by atoms with van der Waals surface area (Å²) in [7, 11) is 1.35. The molecule has 0 fully saturated rings. The standard InChI is InChI=1S/C27H20N2O4/c1-15-23(16-3-5-21-18(11-16)7-9-28-25(21)30)13-20(27(32)33-2)14-24(15)17-4-6-22-19(12-17)8-10-29-26(22)31/h3-14H,1-2H3,(H,28,30)(H,29,31). The predicted octanol–water partition coefficient (Wildman–Crippen LogP) is 4.80. The number of benzene rings is 3. The Balaban J connectivity index is 1.76. The fourth-order valence-electron chi connectivity index (χ4n) is 4.27. The summed E-state index contributed by atoms with van der Waals surface area (Å²) in [5.41, 5.74) is 4.59. The van der Waals surface area contributed by atoms with Crippen LogP contribution in [0, 0.1) is 6.92 Å². The summed E-state index contributed by atoms with van der Waals surface area (Å²) in [5, 5.41) is 2.82. The fraction of sp³-hybridized carbons (Fsp3) is 0.0741. The molecule has 2 aromatic heterocycles. The van der Waals surface area contributed by atoms with Crippen LogP contribution >= 0.6 is 0 Å². The zero-order chi connectivity index (χ0) is 23.1. The topological polar surface area (TPSA) is 92.0 Å². The summed E-state index contributed by atoms with van der Waals surface area (Å²) in [6.45, 7) is 2.00. The number of hydrogen-bond acceptors (Lipinski definition) is 4. The van der Waals surface area contributed by atoms with E-state index in [0.717, 1.165) is 38.6 Å². The number of methoxy groups -OCH3 is 1. The summed E-state index contributed by atoms with van der Waals surface area (Å²) in [6, 6.07) is 18.5. The van der Waals surface area contributed by atoms with Crippen molar-refractivity contribution in [1.29, 1.82) is 0 Å². The maximum absolute atomic E-state index is 12.5. The Morgan fingerprint density at radius 2 is 1.21 bits per heavy atom. The number of carbonyl (C=O) groups excluding carboxylic acids is 1. The summed E-state index contributed by atoms with van der Waals surface area (Å²) in [5.74, 6) is -0.438. The first kappa shape index (κ1) is 20.5. The molecule has 2 N–H and O–H groups in total. The van der Waals surface area contributed by atoms with E-state index < -0.39 is 5.97 Å². The highest BCUT2D eigenvalue weighted by Crippen LogP contribution is 2.35. The van der Waals surface area contributed by atoms with Crippen LogP contribution < -0.4 is 11.1 Å². The van der Waals surface area contributed by atoms with Gasteiger partial charge in [0.1, 0.15) is 0 Å². The van der Waals surface area contributed by atoms with Crippen molar-refractivity contribution in [1.82, 2.24) is 9.97 Å². The number of aromatic nitrogens is 2. The van der Waals surface area contributed by atoms with Crippen LogP contribution in [-0.4, -0.2) is 23.0 Å². The first-order valence-corrected chi connectivity index (χ1v) is 10.4. The molecule has 0 saturated heterocycles. The molecule has 0 radical (unpaired) electrons. The van der Waals surface area contributed by atoms with Crippen LogP contribution in [-0.2, 0) is 4.74 Å². The summed E-state index contributed by atoms with van der Waals surface area (Å²) >= 11 is 0. The van der Waals surface area contributed by atoms with Gasteiger partial charge in [0.25, 0.3) is 11.1 Å². The Bertz CT molecular complexity index is 1560. The van der Waals surface area contributed by atoms with Gasteiger partial charge in [-0.15, -0.1) is 0 Å². The van der Waals surface area contributed by atoms with Gasteiger partial charge in [-0.1, -0.05) is 12.1 Å². The molecule has 0 atom stereocenters. The first-order valence-electron chi connectivity index (χ1n) is 10.4. The maximum atomic E-state index is 12.5. The molecule has 5 rings (SSSR count). The second kappa shape index (κ2) is 7.91. The molecule has 0 aliphatic heterocycles. The molecular formula is C27H20N2O4. The van der Waals surface area contributed by atoms with Gasteiger partial charge in [0, 0.05) is 23.2 Å². The van der Waals surface area contributed by atoms with Gasteiger partial charge in [0.05, 0.1) is 12.7 Å². The normalized spacial score (nSPS) is 11.1. The largest absolute Gasteiger partial charge is 0.465 e. The van der Waals surface area contributed by atoms with Crippen molar-refractivity contribution in [2.45, 2.75) is 6.92 Å². The molecule has 162 valence electrons. The van der Waals surface area contributed by atoms with Crippen LogP contribution in [0.25, 0.3) is 43.8 Å². The highest BCUT2D eigenvalue weighted by atomic mass is 16.5. The minimum Gasteiger partial charge on any atom is -0.465 e. The second-order valence-electron chi connectivity index (χ2n) is 7.91. The third-order valence-electron chi connectivity index (χ3n) is 6.00. The summed E-state index contributed by atoms with van der Waals surface area (Å²) in [6.07, 6.45) is 3.24. The lowest BCUT2D eigenvalue weighted by Crippen LogP contribution is -2.05. The SMILES string of the molecule is COC(=O)c1cc(-c2ccc3c(=O)[nH]ccc3c2)c(C)c(-c2ccc3c(=O)[nH]ccc3c2)c1. The molecule has 0 saturated carbocycles. The van der Waals surface area contributed by atoms with E-state index in [1.165, 1.54) is 7.11 Å². The Morgan fingerprint density at radius 1 is 0.727 bits per heavy atom. The van der Waals surface area contributed by atoms with Gasteiger partial charge in [-0.2, -0.15) is 0 Å². The number of pyridine rings is 2. The van der Waals surface area contributed by atoms with Gasteiger partial charge in [0.2, 0.25) is 0 Å². The van der Waals surface area contributed by atoms with Gasteiger partial charge in [-0.25, -0.2) is 4.79 Å². The van der Waals surface area contributed by atoms with Crippen LogP contribution in [0.15, 0.2) is 82.6 Å². The van der Waals surface area contributed by atoms with E-state index in [1.54, 1.807) is 24.5 Å². The minimum absolute atomic E-state index is 0.147. The number of ether oxygens (including phenoxy) is 1. The lowest BCUT2D eigenvalue weighted by molar-refractivity contribution is 0.0601. The average molecular weight is 436 g/mol. The average Bonchev–Trinajstić information content (AvgIpc) is 2.83. The Kier molecular flexibility index (Phi) is 4.90.